The Kier molecular flexibility index (Phi) is 6.55. The summed E-state index contributed by atoms with van der Waals surface area (Å²) in [5.41, 5.74) is 9.85. The molecule has 35 heavy (non-hydrogen) atoms. The molecule has 0 bridgehead atoms. The molecule has 0 spiro atoms. The number of anilines is 3. The van der Waals surface area contributed by atoms with Crippen molar-refractivity contribution in [2.24, 2.45) is 5.73 Å². The van der Waals surface area contributed by atoms with Crippen LogP contribution in [-0.2, 0) is 4.79 Å². The number of hydrogen-bond donors (Lipinski definition) is 3. The lowest BCUT2D eigenvalue weighted by Gasteiger charge is -2.32. The van der Waals surface area contributed by atoms with Crippen LogP contribution in [0.2, 0.25) is 0 Å². The van der Waals surface area contributed by atoms with Gasteiger partial charge in [0.2, 0.25) is 5.91 Å². The third-order valence-electron chi connectivity index (χ3n) is 6.41. The number of pyridine rings is 3. The van der Waals surface area contributed by atoms with Crippen LogP contribution in [0.3, 0.4) is 0 Å². The van der Waals surface area contributed by atoms with E-state index >= 15 is 0 Å². The van der Waals surface area contributed by atoms with E-state index in [1.807, 2.05) is 12.4 Å². The highest BCUT2D eigenvalue weighted by Gasteiger charge is 2.25. The average molecular weight is 469 g/mol. The van der Waals surface area contributed by atoms with Gasteiger partial charge in [-0.2, -0.15) is 5.26 Å². The van der Waals surface area contributed by atoms with Gasteiger partial charge in [0.15, 0.2) is 0 Å². The van der Waals surface area contributed by atoms with Gasteiger partial charge in [-0.1, -0.05) is 0 Å². The number of amides is 1. The molecule has 5 rings (SSSR count). The minimum Gasteiger partial charge on any atom is -0.381 e. The van der Waals surface area contributed by atoms with Crippen molar-refractivity contribution in [1.82, 2.24) is 19.9 Å². The van der Waals surface area contributed by atoms with Crippen LogP contribution in [0, 0.1) is 11.3 Å². The first-order valence-electron chi connectivity index (χ1n) is 11.9. The van der Waals surface area contributed by atoms with E-state index in [1.54, 1.807) is 18.3 Å². The van der Waals surface area contributed by atoms with Gasteiger partial charge in [0.25, 0.3) is 0 Å². The zero-order valence-corrected chi connectivity index (χ0v) is 19.4. The maximum absolute atomic E-state index is 11.2. The molecule has 3 aromatic rings. The smallest absolute Gasteiger partial charge is 0.231 e. The first kappa shape index (κ1) is 22.7. The Bertz CT molecular complexity index is 1260. The van der Waals surface area contributed by atoms with Crippen molar-refractivity contribution in [3.8, 4) is 17.3 Å². The van der Waals surface area contributed by atoms with Gasteiger partial charge in [-0.05, 0) is 67.5 Å². The van der Waals surface area contributed by atoms with Crippen molar-refractivity contribution in [3.63, 3.8) is 0 Å². The number of nitrogens with one attached hydrogen (secondary N) is 2. The second-order valence-electron chi connectivity index (χ2n) is 9.24. The summed E-state index contributed by atoms with van der Waals surface area (Å²) < 4.78 is 0. The fourth-order valence-electron chi connectivity index (χ4n) is 4.47. The zero-order valence-electron chi connectivity index (χ0n) is 19.4. The molecule has 1 aliphatic heterocycles. The topological polar surface area (TPSA) is 133 Å². The lowest BCUT2D eigenvalue weighted by atomic mass is 10.0. The van der Waals surface area contributed by atoms with E-state index in [9.17, 15) is 10.1 Å². The van der Waals surface area contributed by atoms with Gasteiger partial charge in [0.05, 0.1) is 29.6 Å². The molecule has 1 saturated heterocycles. The number of nitriles is 1. The molecule has 1 saturated carbocycles. The number of rotatable bonds is 8. The fraction of sp³-hybridized carbons (Fsp3) is 0.346. The number of nitrogens with zero attached hydrogens (tertiary/aromatic N) is 5. The number of aromatic nitrogens is 3. The second-order valence-corrected chi connectivity index (χ2v) is 9.24. The monoisotopic (exact) mass is 468 g/mol. The van der Waals surface area contributed by atoms with Gasteiger partial charge >= 0.3 is 0 Å². The minimum atomic E-state index is -0.281. The van der Waals surface area contributed by atoms with Crippen molar-refractivity contribution < 1.29 is 4.79 Å². The van der Waals surface area contributed by atoms with Crippen LogP contribution in [-0.4, -0.2) is 51.4 Å². The molecule has 0 aromatic carbocycles. The average Bonchev–Trinajstić information content (AvgIpc) is 3.71. The van der Waals surface area contributed by atoms with E-state index in [-0.39, 0.29) is 5.91 Å². The number of nitrogens with two attached hydrogens (primary N) is 1. The van der Waals surface area contributed by atoms with Crippen molar-refractivity contribution in [2.75, 3.05) is 30.3 Å². The molecule has 3 aromatic heterocycles. The zero-order chi connectivity index (χ0) is 24.2. The van der Waals surface area contributed by atoms with Crippen LogP contribution >= 0.6 is 0 Å². The minimum absolute atomic E-state index is 0.281. The number of carbonyl (C=O) groups is 1. The Morgan fingerprint density at radius 2 is 1.94 bits per heavy atom. The molecule has 0 radical (unpaired) electrons. The number of hydrogen-bond acceptors (Lipinski definition) is 8. The highest BCUT2D eigenvalue weighted by molar-refractivity contribution is 5.76. The molecular formula is C26H28N8O. The first-order valence-corrected chi connectivity index (χ1v) is 11.9. The van der Waals surface area contributed by atoms with Gasteiger partial charge in [-0.3, -0.25) is 14.7 Å². The van der Waals surface area contributed by atoms with Crippen LogP contribution in [0.1, 0.15) is 42.7 Å². The van der Waals surface area contributed by atoms with Crippen LogP contribution < -0.4 is 16.4 Å². The molecule has 0 unspecified atom stereocenters. The molecule has 2 aliphatic rings. The van der Waals surface area contributed by atoms with Crippen LogP contribution in [0.4, 0.5) is 17.3 Å². The maximum atomic E-state index is 11.2. The number of primary amides is 1. The Morgan fingerprint density at radius 1 is 1.11 bits per heavy atom. The molecule has 178 valence electrons. The van der Waals surface area contributed by atoms with Gasteiger partial charge < -0.3 is 16.4 Å². The molecule has 4 N–H and O–H groups in total. The lowest BCUT2D eigenvalue weighted by molar-refractivity contribution is -0.119. The summed E-state index contributed by atoms with van der Waals surface area (Å²) in [6, 6.07) is 12.1. The van der Waals surface area contributed by atoms with E-state index in [2.05, 4.69) is 49.8 Å². The van der Waals surface area contributed by atoms with Crippen LogP contribution in [0.5, 0.6) is 0 Å². The Hall–Kier alpha value is -4.03. The fourth-order valence-corrected chi connectivity index (χ4v) is 4.47. The number of carbonyl (C=O) groups excluding carboxylic acids is 1. The molecule has 0 atom stereocenters. The predicted molar refractivity (Wildman–Crippen MR) is 134 cm³/mol. The van der Waals surface area contributed by atoms with Crippen molar-refractivity contribution >= 4 is 23.2 Å². The number of likely N-dealkylation sites (tertiary alicyclic amines) is 1. The second kappa shape index (κ2) is 10.1. The van der Waals surface area contributed by atoms with Crippen LogP contribution in [0.25, 0.3) is 11.3 Å². The maximum Gasteiger partial charge on any atom is 0.231 e. The Balaban J connectivity index is 1.33. The van der Waals surface area contributed by atoms with Crippen molar-refractivity contribution in [1.29, 1.82) is 5.26 Å². The lowest BCUT2D eigenvalue weighted by Crippen LogP contribution is -2.42. The van der Waals surface area contributed by atoms with Gasteiger partial charge in [0, 0.05) is 43.3 Å². The normalized spacial score (nSPS) is 16.4. The molecular weight excluding hydrogens is 440 g/mol. The Morgan fingerprint density at radius 3 is 2.69 bits per heavy atom. The summed E-state index contributed by atoms with van der Waals surface area (Å²) in [5, 5.41) is 16.0. The van der Waals surface area contributed by atoms with E-state index in [0.29, 0.717) is 35.7 Å². The molecule has 1 amide bonds. The summed E-state index contributed by atoms with van der Waals surface area (Å²) >= 11 is 0. The van der Waals surface area contributed by atoms with E-state index in [1.165, 1.54) is 18.4 Å². The standard InChI is InChI=1S/C26H28N8O/c27-13-17-3-6-30-25(9-17)33-26-12-19(18-1-2-18)11-23(32-26)20-10-22(15-29-14-20)31-21-4-7-34(8-5-21)16-24(28)35/h3,6,9-12,14-15,18,21,31H,1-2,4-5,7-8,16H2,(H2,28,35)(H,30,32,33). The van der Waals surface area contributed by atoms with E-state index in [4.69, 9.17) is 10.7 Å². The molecule has 9 nitrogen and oxygen atoms in total. The van der Waals surface area contributed by atoms with Crippen molar-refractivity contribution in [3.05, 3.63) is 60.0 Å². The third-order valence-corrected chi connectivity index (χ3v) is 6.41. The van der Waals surface area contributed by atoms with Crippen LogP contribution in [0.15, 0.2) is 48.9 Å². The molecule has 4 heterocycles. The van der Waals surface area contributed by atoms with E-state index < -0.39 is 0 Å². The predicted octanol–water partition coefficient (Wildman–Crippen LogP) is 3.39. The summed E-state index contributed by atoms with van der Waals surface area (Å²) in [7, 11) is 0. The van der Waals surface area contributed by atoms with E-state index in [0.717, 1.165) is 42.9 Å². The van der Waals surface area contributed by atoms with Crippen molar-refractivity contribution in [2.45, 2.75) is 37.6 Å². The molecule has 2 fully saturated rings. The summed E-state index contributed by atoms with van der Waals surface area (Å²) in [5.74, 6) is 1.56. The van der Waals surface area contributed by atoms with Gasteiger partial charge in [-0.25, -0.2) is 9.97 Å². The quantitative estimate of drug-likeness (QED) is 0.458. The third kappa shape index (κ3) is 5.91. The Labute approximate surface area is 204 Å². The molecule has 9 heteroatoms. The highest BCUT2D eigenvalue weighted by atomic mass is 16.1. The molecule has 1 aliphatic carbocycles. The summed E-state index contributed by atoms with van der Waals surface area (Å²) in [6.45, 7) is 2.00. The number of piperidine rings is 1. The summed E-state index contributed by atoms with van der Waals surface area (Å²) in [4.78, 5) is 26.9. The largest absolute Gasteiger partial charge is 0.381 e. The summed E-state index contributed by atoms with van der Waals surface area (Å²) in [6.07, 6.45) is 9.52. The first-order chi connectivity index (χ1) is 17.1. The van der Waals surface area contributed by atoms with Gasteiger partial charge in [0.1, 0.15) is 11.6 Å². The highest BCUT2D eigenvalue weighted by Crippen LogP contribution is 2.42. The van der Waals surface area contributed by atoms with Gasteiger partial charge in [-0.15, -0.1) is 0 Å². The SMILES string of the molecule is N#Cc1ccnc(Nc2cc(C3CC3)cc(-c3cncc(NC4CCN(CC(N)=O)CC4)c3)n2)c1.